The van der Waals surface area contributed by atoms with Crippen LogP contribution in [0.5, 0.6) is 5.75 Å². The van der Waals surface area contributed by atoms with Crippen molar-refractivity contribution in [1.29, 1.82) is 0 Å². The van der Waals surface area contributed by atoms with E-state index >= 15 is 0 Å². The molecule has 1 aromatic rings. The average molecular weight is 190 g/mol. The fourth-order valence-corrected chi connectivity index (χ4v) is 2.51. The molecule has 1 aliphatic rings. The van der Waals surface area contributed by atoms with Crippen molar-refractivity contribution in [2.75, 3.05) is 0 Å². The van der Waals surface area contributed by atoms with E-state index in [1.54, 1.807) is 0 Å². The first-order valence-electron chi connectivity index (χ1n) is 5.57. The quantitative estimate of drug-likeness (QED) is 0.759. The van der Waals surface area contributed by atoms with Crippen molar-refractivity contribution in [3.63, 3.8) is 0 Å². The normalized spacial score (nSPS) is 14.4. The summed E-state index contributed by atoms with van der Waals surface area (Å²) in [5.41, 5.74) is 5.15. The van der Waals surface area contributed by atoms with E-state index in [0.717, 1.165) is 31.2 Å². The molecule has 0 bridgehead atoms. The van der Waals surface area contributed by atoms with E-state index in [0.29, 0.717) is 5.75 Å². The van der Waals surface area contributed by atoms with Crippen LogP contribution in [0.2, 0.25) is 0 Å². The second-order valence-electron chi connectivity index (χ2n) is 4.26. The van der Waals surface area contributed by atoms with Crippen molar-refractivity contribution in [3.8, 4) is 5.75 Å². The van der Waals surface area contributed by atoms with Gasteiger partial charge in [0.2, 0.25) is 0 Å². The topological polar surface area (TPSA) is 20.2 Å². The highest BCUT2D eigenvalue weighted by molar-refractivity contribution is 5.51. The Hall–Kier alpha value is -0.980. The summed E-state index contributed by atoms with van der Waals surface area (Å²) in [5.74, 6) is 0.588. The van der Waals surface area contributed by atoms with E-state index in [9.17, 15) is 5.11 Å². The second-order valence-corrected chi connectivity index (χ2v) is 4.26. The first kappa shape index (κ1) is 9.57. The third kappa shape index (κ3) is 1.41. The van der Waals surface area contributed by atoms with Crippen molar-refractivity contribution >= 4 is 0 Å². The third-order valence-corrected chi connectivity index (χ3v) is 3.19. The molecule has 1 nitrogen and oxygen atoms in total. The molecule has 0 aliphatic heterocycles. The van der Waals surface area contributed by atoms with E-state index in [4.69, 9.17) is 0 Å². The lowest BCUT2D eigenvalue weighted by molar-refractivity contribution is 0.461. The average Bonchev–Trinajstić information content (AvgIpc) is 2.63. The van der Waals surface area contributed by atoms with Gasteiger partial charge in [-0.2, -0.15) is 0 Å². The van der Waals surface area contributed by atoms with Crippen LogP contribution >= 0.6 is 0 Å². The molecule has 1 aromatic carbocycles. The van der Waals surface area contributed by atoms with Crippen LogP contribution < -0.4 is 0 Å². The molecule has 0 saturated heterocycles. The molecule has 0 amide bonds. The van der Waals surface area contributed by atoms with Crippen molar-refractivity contribution < 1.29 is 5.11 Å². The molecule has 0 radical (unpaired) electrons. The van der Waals surface area contributed by atoms with Crippen LogP contribution in [0.1, 0.15) is 42.0 Å². The van der Waals surface area contributed by atoms with Gasteiger partial charge in [0.15, 0.2) is 0 Å². The van der Waals surface area contributed by atoms with Gasteiger partial charge in [0.25, 0.3) is 0 Å². The van der Waals surface area contributed by atoms with Gasteiger partial charge in [0, 0.05) is 0 Å². The molecule has 1 aliphatic carbocycles. The molecule has 0 saturated carbocycles. The number of aryl methyl sites for hydroxylation is 2. The van der Waals surface area contributed by atoms with Gasteiger partial charge >= 0.3 is 0 Å². The summed E-state index contributed by atoms with van der Waals surface area (Å²) in [6.07, 6.45) is 5.53. The zero-order chi connectivity index (χ0) is 10.1. The minimum Gasteiger partial charge on any atom is -0.507 e. The van der Waals surface area contributed by atoms with Crippen LogP contribution in [0.25, 0.3) is 0 Å². The van der Waals surface area contributed by atoms with Gasteiger partial charge in [-0.25, -0.2) is 0 Å². The van der Waals surface area contributed by atoms with Crippen molar-refractivity contribution in [3.05, 3.63) is 28.3 Å². The Balaban J connectivity index is 2.50. The van der Waals surface area contributed by atoms with Crippen LogP contribution in [-0.4, -0.2) is 5.11 Å². The number of benzene rings is 1. The number of phenolic OH excluding ortho intramolecular Hbond substituents is 1. The van der Waals surface area contributed by atoms with E-state index in [-0.39, 0.29) is 0 Å². The van der Waals surface area contributed by atoms with Crippen molar-refractivity contribution in [2.24, 2.45) is 0 Å². The number of aromatic hydroxyl groups is 1. The molecule has 0 spiro atoms. The van der Waals surface area contributed by atoms with Gasteiger partial charge in [0.1, 0.15) is 5.75 Å². The summed E-state index contributed by atoms with van der Waals surface area (Å²) in [4.78, 5) is 0. The zero-order valence-electron chi connectivity index (χ0n) is 9.06. The van der Waals surface area contributed by atoms with Crippen LogP contribution in [0.3, 0.4) is 0 Å². The predicted octanol–water partition coefficient (Wildman–Crippen LogP) is 3.14. The number of hydrogen-bond acceptors (Lipinski definition) is 1. The molecule has 0 atom stereocenters. The van der Waals surface area contributed by atoms with E-state index in [1.807, 2.05) is 0 Å². The lowest BCUT2D eigenvalue weighted by atomic mass is 9.97. The molecule has 0 unspecified atom stereocenters. The molecule has 1 heteroatoms. The van der Waals surface area contributed by atoms with E-state index in [2.05, 4.69) is 19.9 Å². The summed E-state index contributed by atoms with van der Waals surface area (Å²) >= 11 is 0. The first-order valence-corrected chi connectivity index (χ1v) is 5.57. The van der Waals surface area contributed by atoms with Crippen LogP contribution in [0, 0.1) is 6.92 Å². The molecule has 0 heterocycles. The second kappa shape index (κ2) is 3.64. The van der Waals surface area contributed by atoms with Crippen molar-refractivity contribution in [2.45, 2.75) is 46.0 Å². The minimum atomic E-state index is 0.588. The van der Waals surface area contributed by atoms with Crippen molar-refractivity contribution in [1.82, 2.24) is 0 Å². The van der Waals surface area contributed by atoms with Gasteiger partial charge in [-0.15, -0.1) is 0 Å². The molecule has 2 rings (SSSR count). The Kier molecular flexibility index (Phi) is 2.49. The minimum absolute atomic E-state index is 0.588. The Morgan fingerprint density at radius 3 is 2.71 bits per heavy atom. The Bertz CT molecular complexity index is 353. The predicted molar refractivity (Wildman–Crippen MR) is 58.9 cm³/mol. The van der Waals surface area contributed by atoms with Gasteiger partial charge in [-0.1, -0.05) is 19.4 Å². The summed E-state index contributed by atoms with van der Waals surface area (Å²) in [5, 5.41) is 10.1. The SMILES string of the molecule is CCCc1cc(C)c2c(c1O)CCC2. The van der Waals surface area contributed by atoms with Gasteiger partial charge < -0.3 is 5.11 Å². The maximum absolute atomic E-state index is 10.1. The fraction of sp³-hybridized carbons (Fsp3) is 0.538. The summed E-state index contributed by atoms with van der Waals surface area (Å²) in [7, 11) is 0. The third-order valence-electron chi connectivity index (χ3n) is 3.19. The first-order chi connectivity index (χ1) is 6.74. The molecule has 14 heavy (non-hydrogen) atoms. The lowest BCUT2D eigenvalue weighted by Crippen LogP contribution is -1.94. The van der Waals surface area contributed by atoms with E-state index in [1.165, 1.54) is 23.1 Å². The molecule has 0 aromatic heterocycles. The monoisotopic (exact) mass is 190 g/mol. The number of phenols is 1. The number of hydrogen-bond donors (Lipinski definition) is 1. The Morgan fingerprint density at radius 1 is 1.29 bits per heavy atom. The standard InChI is InChI=1S/C13H18O/c1-3-5-10-8-9(2)11-6-4-7-12(11)13(10)14/h8,14H,3-7H2,1-2H3. The zero-order valence-corrected chi connectivity index (χ0v) is 9.06. The smallest absolute Gasteiger partial charge is 0.122 e. The molecular formula is C13H18O. The van der Waals surface area contributed by atoms with E-state index < -0.39 is 0 Å². The highest BCUT2D eigenvalue weighted by Crippen LogP contribution is 2.35. The maximum Gasteiger partial charge on any atom is 0.122 e. The Labute approximate surface area is 85.8 Å². The molecular weight excluding hydrogens is 172 g/mol. The van der Waals surface area contributed by atoms with Gasteiger partial charge in [-0.05, 0) is 54.9 Å². The van der Waals surface area contributed by atoms with Crippen LogP contribution in [0.4, 0.5) is 0 Å². The maximum atomic E-state index is 10.1. The molecule has 1 N–H and O–H groups in total. The Morgan fingerprint density at radius 2 is 2.00 bits per heavy atom. The highest BCUT2D eigenvalue weighted by atomic mass is 16.3. The molecule has 0 fully saturated rings. The van der Waals surface area contributed by atoms with Gasteiger partial charge in [0.05, 0.1) is 0 Å². The molecule has 76 valence electrons. The number of fused-ring (bicyclic) bond motifs is 1. The van der Waals surface area contributed by atoms with Gasteiger partial charge in [-0.3, -0.25) is 0 Å². The summed E-state index contributed by atoms with van der Waals surface area (Å²) < 4.78 is 0. The van der Waals surface area contributed by atoms with Crippen LogP contribution in [0.15, 0.2) is 6.07 Å². The highest BCUT2D eigenvalue weighted by Gasteiger charge is 2.19. The van der Waals surface area contributed by atoms with Crippen LogP contribution in [-0.2, 0) is 19.3 Å². The summed E-state index contributed by atoms with van der Waals surface area (Å²) in [6, 6.07) is 2.17. The summed E-state index contributed by atoms with van der Waals surface area (Å²) in [6.45, 7) is 4.32. The lowest BCUT2D eigenvalue weighted by Gasteiger charge is -2.11. The largest absolute Gasteiger partial charge is 0.507 e. The number of rotatable bonds is 2. The fourth-order valence-electron chi connectivity index (χ4n) is 2.51.